The predicted octanol–water partition coefficient (Wildman–Crippen LogP) is 1.24. The molecule has 1 aromatic rings. The fourth-order valence-corrected chi connectivity index (χ4v) is 2.17. The Morgan fingerprint density at radius 3 is 2.20 bits per heavy atom. The molecular weight excluding hydrogens is 254 g/mol. The minimum absolute atomic E-state index is 0.124. The summed E-state index contributed by atoms with van der Waals surface area (Å²) in [6.45, 7) is 3.65. The highest BCUT2D eigenvalue weighted by Crippen LogP contribution is 2.17. The molecule has 2 amide bonds. The zero-order valence-electron chi connectivity index (χ0n) is 12.1. The molecule has 0 spiro atoms. The second kappa shape index (κ2) is 7.05. The lowest BCUT2D eigenvalue weighted by molar-refractivity contribution is -0.132. The van der Waals surface area contributed by atoms with Gasteiger partial charge in [0.2, 0.25) is 11.8 Å². The van der Waals surface area contributed by atoms with Gasteiger partial charge in [0.05, 0.1) is 0 Å². The van der Waals surface area contributed by atoms with E-state index in [0.717, 1.165) is 5.56 Å². The van der Waals surface area contributed by atoms with Gasteiger partial charge in [-0.05, 0) is 18.4 Å². The molecule has 0 aliphatic carbocycles. The van der Waals surface area contributed by atoms with Crippen molar-refractivity contribution >= 4 is 11.8 Å². The molecule has 20 heavy (non-hydrogen) atoms. The Kier molecular flexibility index (Phi) is 5.70. The zero-order chi connectivity index (χ0) is 15.2. The van der Waals surface area contributed by atoms with Crippen molar-refractivity contribution in [2.24, 2.45) is 11.5 Å². The Hall–Kier alpha value is -1.88. The van der Waals surface area contributed by atoms with Crippen molar-refractivity contribution in [2.45, 2.75) is 44.7 Å². The molecule has 0 fully saturated rings. The number of hydrogen-bond acceptors (Lipinski definition) is 3. The third kappa shape index (κ3) is 3.81. The summed E-state index contributed by atoms with van der Waals surface area (Å²) in [6, 6.07) is 8.99. The summed E-state index contributed by atoms with van der Waals surface area (Å²) in [4.78, 5) is 23.6. The van der Waals surface area contributed by atoms with E-state index in [1.807, 2.05) is 44.2 Å². The molecule has 0 saturated heterocycles. The third-order valence-corrected chi connectivity index (χ3v) is 3.69. The summed E-state index contributed by atoms with van der Waals surface area (Å²) in [6.07, 6.45) is 1.05. The Balaban J connectivity index is 2.70. The fourth-order valence-electron chi connectivity index (χ4n) is 2.17. The van der Waals surface area contributed by atoms with Gasteiger partial charge in [0, 0.05) is 12.5 Å². The lowest BCUT2D eigenvalue weighted by Crippen LogP contribution is -2.57. The lowest BCUT2D eigenvalue weighted by atomic mass is 9.91. The maximum absolute atomic E-state index is 12.1. The number of hydrogen-bond donors (Lipinski definition) is 3. The first-order valence-electron chi connectivity index (χ1n) is 6.86. The van der Waals surface area contributed by atoms with Crippen molar-refractivity contribution in [3.63, 3.8) is 0 Å². The largest absolute Gasteiger partial charge is 0.368 e. The van der Waals surface area contributed by atoms with Crippen molar-refractivity contribution in [2.75, 3.05) is 0 Å². The number of carbonyl (C=O) groups is 2. The molecule has 5 heteroatoms. The first kappa shape index (κ1) is 16.2. The Labute approximate surface area is 119 Å². The van der Waals surface area contributed by atoms with Crippen LogP contribution in [0.25, 0.3) is 0 Å². The maximum atomic E-state index is 12.1. The van der Waals surface area contributed by atoms with E-state index in [1.54, 1.807) is 0 Å². The minimum Gasteiger partial charge on any atom is -0.368 e. The second-order valence-electron chi connectivity index (χ2n) is 4.92. The van der Waals surface area contributed by atoms with E-state index in [-0.39, 0.29) is 12.3 Å². The van der Waals surface area contributed by atoms with Crippen LogP contribution in [0, 0.1) is 0 Å². The molecule has 0 aliphatic rings. The molecule has 0 aliphatic heterocycles. The molecule has 1 aromatic carbocycles. The lowest BCUT2D eigenvalue weighted by Gasteiger charge is -2.29. The maximum Gasteiger partial charge on any atom is 0.243 e. The number of nitrogens with one attached hydrogen (secondary N) is 1. The Bertz CT molecular complexity index is 455. The fraction of sp³-hybridized carbons (Fsp3) is 0.467. The highest BCUT2D eigenvalue weighted by Gasteiger charge is 2.34. The summed E-state index contributed by atoms with van der Waals surface area (Å²) in [5, 5.41) is 2.74. The molecular formula is C15H23N3O2. The molecule has 1 rings (SSSR count). The average molecular weight is 277 g/mol. The van der Waals surface area contributed by atoms with Crippen LogP contribution in [0.5, 0.6) is 0 Å². The Morgan fingerprint density at radius 1 is 1.20 bits per heavy atom. The normalized spacial score (nSPS) is 12.8. The van der Waals surface area contributed by atoms with Gasteiger partial charge in [-0.25, -0.2) is 0 Å². The summed E-state index contributed by atoms with van der Waals surface area (Å²) in [7, 11) is 0. The second-order valence-corrected chi connectivity index (χ2v) is 4.92. The molecule has 1 unspecified atom stereocenters. The van der Waals surface area contributed by atoms with Crippen LogP contribution in [-0.4, -0.2) is 17.4 Å². The zero-order valence-corrected chi connectivity index (χ0v) is 12.1. The van der Waals surface area contributed by atoms with Gasteiger partial charge in [-0.3, -0.25) is 9.59 Å². The van der Waals surface area contributed by atoms with Crippen LogP contribution in [0.3, 0.4) is 0 Å². The van der Waals surface area contributed by atoms with E-state index < -0.39 is 17.5 Å². The number of rotatable bonds is 7. The van der Waals surface area contributed by atoms with E-state index in [2.05, 4.69) is 5.32 Å². The Morgan fingerprint density at radius 2 is 1.75 bits per heavy atom. The van der Waals surface area contributed by atoms with Gasteiger partial charge in [0.1, 0.15) is 5.54 Å². The molecule has 5 N–H and O–H groups in total. The van der Waals surface area contributed by atoms with Gasteiger partial charge in [-0.15, -0.1) is 0 Å². The smallest absolute Gasteiger partial charge is 0.243 e. The van der Waals surface area contributed by atoms with Gasteiger partial charge < -0.3 is 16.8 Å². The molecule has 0 bridgehead atoms. The van der Waals surface area contributed by atoms with Crippen molar-refractivity contribution in [3.8, 4) is 0 Å². The van der Waals surface area contributed by atoms with E-state index in [4.69, 9.17) is 11.5 Å². The van der Waals surface area contributed by atoms with E-state index in [1.165, 1.54) is 0 Å². The molecule has 5 nitrogen and oxygen atoms in total. The highest BCUT2D eigenvalue weighted by atomic mass is 16.2. The van der Waals surface area contributed by atoms with Crippen LogP contribution in [0.2, 0.25) is 0 Å². The van der Waals surface area contributed by atoms with Crippen LogP contribution in [0.15, 0.2) is 30.3 Å². The van der Waals surface area contributed by atoms with Crippen molar-refractivity contribution in [1.82, 2.24) is 5.32 Å². The predicted molar refractivity (Wildman–Crippen MR) is 78.6 cm³/mol. The number of primary amides is 1. The molecule has 0 heterocycles. The quantitative estimate of drug-likeness (QED) is 0.699. The summed E-state index contributed by atoms with van der Waals surface area (Å²) in [5.74, 6) is -0.770. The molecule has 1 atom stereocenters. The highest BCUT2D eigenvalue weighted by molar-refractivity contribution is 5.90. The third-order valence-electron chi connectivity index (χ3n) is 3.69. The monoisotopic (exact) mass is 277 g/mol. The van der Waals surface area contributed by atoms with Gasteiger partial charge in [0.15, 0.2) is 0 Å². The number of benzene rings is 1. The SMILES string of the molecule is CCC(CC)(NC(=O)CC(N)c1ccccc1)C(N)=O. The first-order valence-corrected chi connectivity index (χ1v) is 6.86. The number of nitrogens with two attached hydrogens (primary N) is 2. The van der Waals surface area contributed by atoms with Gasteiger partial charge in [0.25, 0.3) is 0 Å². The molecule has 0 radical (unpaired) electrons. The van der Waals surface area contributed by atoms with Gasteiger partial charge >= 0.3 is 0 Å². The van der Waals surface area contributed by atoms with Crippen LogP contribution in [0.4, 0.5) is 0 Å². The first-order chi connectivity index (χ1) is 9.45. The molecule has 0 aromatic heterocycles. The number of amides is 2. The topological polar surface area (TPSA) is 98.2 Å². The van der Waals surface area contributed by atoms with Crippen LogP contribution >= 0.6 is 0 Å². The summed E-state index contributed by atoms with van der Waals surface area (Å²) in [5.41, 5.74) is 11.3. The van der Waals surface area contributed by atoms with E-state index in [0.29, 0.717) is 12.8 Å². The van der Waals surface area contributed by atoms with E-state index in [9.17, 15) is 9.59 Å². The van der Waals surface area contributed by atoms with Crippen molar-refractivity contribution < 1.29 is 9.59 Å². The summed E-state index contributed by atoms with van der Waals surface area (Å²) < 4.78 is 0. The van der Waals surface area contributed by atoms with Crippen LogP contribution in [-0.2, 0) is 9.59 Å². The van der Waals surface area contributed by atoms with Gasteiger partial charge in [-0.1, -0.05) is 44.2 Å². The molecule has 0 saturated carbocycles. The van der Waals surface area contributed by atoms with E-state index >= 15 is 0 Å². The van der Waals surface area contributed by atoms with Crippen molar-refractivity contribution in [3.05, 3.63) is 35.9 Å². The number of carbonyl (C=O) groups excluding carboxylic acids is 2. The van der Waals surface area contributed by atoms with Crippen LogP contribution in [0.1, 0.15) is 44.7 Å². The standard InChI is InChI=1S/C15H23N3O2/c1-3-15(4-2,14(17)20)18-13(19)10-12(16)11-8-6-5-7-9-11/h5-9,12H,3-4,10,16H2,1-2H3,(H2,17,20)(H,18,19). The average Bonchev–Trinajstić information content (AvgIpc) is 2.45. The van der Waals surface area contributed by atoms with Crippen LogP contribution < -0.4 is 16.8 Å². The van der Waals surface area contributed by atoms with Gasteiger partial charge in [-0.2, -0.15) is 0 Å². The molecule has 110 valence electrons. The minimum atomic E-state index is -0.979. The summed E-state index contributed by atoms with van der Waals surface area (Å²) >= 11 is 0. The van der Waals surface area contributed by atoms with Crippen molar-refractivity contribution in [1.29, 1.82) is 0 Å².